The predicted octanol–water partition coefficient (Wildman–Crippen LogP) is 3.57. The molecule has 20 heavy (non-hydrogen) atoms. The van der Waals surface area contributed by atoms with Crippen molar-refractivity contribution < 1.29 is 8.42 Å². The fraction of sp³-hybridized carbons (Fsp3) is 0.214. The van der Waals surface area contributed by atoms with E-state index in [4.69, 9.17) is 0 Å². The Balaban J connectivity index is 2.37. The van der Waals surface area contributed by atoms with Crippen LogP contribution < -0.4 is 4.72 Å². The van der Waals surface area contributed by atoms with Crippen molar-refractivity contribution in [1.29, 1.82) is 0 Å². The molecule has 2 rings (SSSR count). The number of hydrogen-bond acceptors (Lipinski definition) is 3. The Labute approximate surface area is 127 Å². The minimum absolute atomic E-state index is 0.260. The van der Waals surface area contributed by atoms with E-state index < -0.39 is 10.0 Å². The maximum absolute atomic E-state index is 12.4. The van der Waals surface area contributed by atoms with Gasteiger partial charge in [-0.15, -0.1) is 0 Å². The van der Waals surface area contributed by atoms with Crippen molar-refractivity contribution in [3.63, 3.8) is 0 Å². The zero-order chi connectivity index (χ0) is 14.9. The zero-order valence-electron chi connectivity index (χ0n) is 11.4. The molecule has 0 radical (unpaired) electrons. The maximum atomic E-state index is 12.4. The Bertz CT molecular complexity index is 738. The van der Waals surface area contributed by atoms with Crippen LogP contribution in [0.4, 0.5) is 5.69 Å². The van der Waals surface area contributed by atoms with Crippen LogP contribution >= 0.6 is 15.9 Å². The SMILES string of the molecule is Cc1cc(C)cc(S(=O)(=O)Nc2cnc(Br)c(C)c2)c1. The first kappa shape index (κ1) is 15.0. The molecule has 4 nitrogen and oxygen atoms in total. The number of hydrogen-bond donors (Lipinski definition) is 1. The van der Waals surface area contributed by atoms with Crippen molar-refractivity contribution in [2.45, 2.75) is 25.7 Å². The summed E-state index contributed by atoms with van der Waals surface area (Å²) in [5, 5.41) is 0. The molecular weight excluding hydrogens is 340 g/mol. The third-order valence-corrected chi connectivity index (χ3v) is 4.96. The molecule has 1 aromatic heterocycles. The molecule has 0 bridgehead atoms. The van der Waals surface area contributed by atoms with Crippen molar-refractivity contribution in [3.05, 3.63) is 51.8 Å². The van der Waals surface area contributed by atoms with Gasteiger partial charge in [-0.05, 0) is 71.6 Å². The van der Waals surface area contributed by atoms with Crippen molar-refractivity contribution in [2.75, 3.05) is 4.72 Å². The standard InChI is InChI=1S/C14H15BrN2O2S/c1-9-4-10(2)6-13(5-9)20(18,19)17-12-7-11(3)14(15)16-8-12/h4-8,17H,1-3H3. The molecule has 0 unspecified atom stereocenters. The average molecular weight is 355 g/mol. The van der Waals surface area contributed by atoms with E-state index in [2.05, 4.69) is 25.6 Å². The lowest BCUT2D eigenvalue weighted by Gasteiger charge is -2.10. The number of rotatable bonds is 3. The summed E-state index contributed by atoms with van der Waals surface area (Å²) in [5.74, 6) is 0. The highest BCUT2D eigenvalue weighted by Crippen LogP contribution is 2.21. The third kappa shape index (κ3) is 3.37. The molecule has 0 amide bonds. The first-order valence-electron chi connectivity index (χ1n) is 6.01. The number of aromatic nitrogens is 1. The summed E-state index contributed by atoms with van der Waals surface area (Å²) in [7, 11) is -3.59. The van der Waals surface area contributed by atoms with E-state index in [1.165, 1.54) is 6.20 Å². The first-order chi connectivity index (χ1) is 9.28. The number of nitrogens with one attached hydrogen (secondary N) is 1. The van der Waals surface area contributed by atoms with Gasteiger partial charge >= 0.3 is 0 Å². The van der Waals surface area contributed by atoms with Crippen LogP contribution in [0.3, 0.4) is 0 Å². The van der Waals surface area contributed by atoms with Crippen molar-refractivity contribution in [1.82, 2.24) is 4.98 Å². The summed E-state index contributed by atoms with van der Waals surface area (Å²) >= 11 is 3.28. The Hall–Kier alpha value is -1.40. The summed E-state index contributed by atoms with van der Waals surface area (Å²) in [6.45, 7) is 5.60. The summed E-state index contributed by atoms with van der Waals surface area (Å²) in [4.78, 5) is 4.34. The molecule has 0 saturated carbocycles. The fourth-order valence-corrected chi connectivity index (χ4v) is 3.35. The number of sulfonamides is 1. The summed E-state index contributed by atoms with van der Waals surface area (Å²) in [5.41, 5.74) is 3.14. The molecule has 0 saturated heterocycles. The Morgan fingerprint density at radius 3 is 2.20 bits per heavy atom. The van der Waals surface area contributed by atoms with Gasteiger partial charge in [-0.1, -0.05) is 6.07 Å². The maximum Gasteiger partial charge on any atom is 0.261 e. The van der Waals surface area contributed by atoms with Gasteiger partial charge in [-0.3, -0.25) is 4.72 Å². The van der Waals surface area contributed by atoms with E-state index >= 15 is 0 Å². The van der Waals surface area contributed by atoms with Gasteiger partial charge in [0.2, 0.25) is 0 Å². The van der Waals surface area contributed by atoms with Crippen LogP contribution in [0.2, 0.25) is 0 Å². The van der Waals surface area contributed by atoms with Crippen LogP contribution in [0.5, 0.6) is 0 Å². The number of pyridine rings is 1. The van der Waals surface area contributed by atoms with Gasteiger partial charge < -0.3 is 0 Å². The monoisotopic (exact) mass is 354 g/mol. The Morgan fingerprint density at radius 2 is 1.65 bits per heavy atom. The van der Waals surface area contributed by atoms with Crippen LogP contribution in [-0.2, 0) is 10.0 Å². The van der Waals surface area contributed by atoms with Gasteiger partial charge in [0, 0.05) is 0 Å². The lowest BCUT2D eigenvalue weighted by molar-refractivity contribution is 0.601. The van der Waals surface area contributed by atoms with E-state index in [0.29, 0.717) is 10.3 Å². The number of benzene rings is 1. The van der Waals surface area contributed by atoms with Crippen molar-refractivity contribution in [3.8, 4) is 0 Å². The molecule has 0 aliphatic rings. The zero-order valence-corrected chi connectivity index (χ0v) is 13.8. The smallest absolute Gasteiger partial charge is 0.261 e. The highest BCUT2D eigenvalue weighted by molar-refractivity contribution is 9.10. The normalized spacial score (nSPS) is 11.4. The van der Waals surface area contributed by atoms with E-state index in [-0.39, 0.29) is 4.90 Å². The van der Waals surface area contributed by atoms with E-state index in [0.717, 1.165) is 16.7 Å². The summed E-state index contributed by atoms with van der Waals surface area (Å²) in [6.07, 6.45) is 1.48. The predicted molar refractivity (Wildman–Crippen MR) is 83.4 cm³/mol. The molecular formula is C14H15BrN2O2S. The molecule has 2 aromatic rings. The largest absolute Gasteiger partial charge is 0.278 e. The van der Waals surface area contributed by atoms with Gasteiger partial charge in [0.1, 0.15) is 4.60 Å². The molecule has 0 aliphatic heterocycles. The first-order valence-corrected chi connectivity index (χ1v) is 8.29. The third-order valence-electron chi connectivity index (χ3n) is 2.77. The molecule has 0 atom stereocenters. The second kappa shape index (κ2) is 5.54. The van der Waals surface area contributed by atoms with Crippen LogP contribution in [0.25, 0.3) is 0 Å². The molecule has 0 fully saturated rings. The second-order valence-corrected chi connectivity index (χ2v) is 7.19. The van der Waals surface area contributed by atoms with E-state index in [1.807, 2.05) is 26.8 Å². The summed E-state index contributed by atoms with van der Waals surface area (Å²) in [6, 6.07) is 6.96. The van der Waals surface area contributed by atoms with Crippen LogP contribution in [0.1, 0.15) is 16.7 Å². The van der Waals surface area contributed by atoms with Gasteiger partial charge in [0.25, 0.3) is 10.0 Å². The molecule has 0 aliphatic carbocycles. The molecule has 1 N–H and O–H groups in total. The van der Waals surface area contributed by atoms with Crippen LogP contribution in [0.15, 0.2) is 40.0 Å². The van der Waals surface area contributed by atoms with Crippen molar-refractivity contribution >= 4 is 31.6 Å². The molecule has 1 aromatic carbocycles. The Morgan fingerprint density at radius 1 is 1.05 bits per heavy atom. The van der Waals surface area contributed by atoms with Crippen LogP contribution in [-0.4, -0.2) is 13.4 Å². The minimum Gasteiger partial charge on any atom is -0.278 e. The second-order valence-electron chi connectivity index (χ2n) is 4.76. The molecule has 0 spiro atoms. The number of aryl methyl sites for hydroxylation is 3. The van der Waals surface area contributed by atoms with E-state index in [1.54, 1.807) is 18.2 Å². The average Bonchev–Trinajstić information content (AvgIpc) is 2.32. The lowest BCUT2D eigenvalue weighted by Crippen LogP contribution is -2.13. The minimum atomic E-state index is -3.59. The fourth-order valence-electron chi connectivity index (χ4n) is 1.92. The van der Waals surface area contributed by atoms with Gasteiger partial charge in [-0.25, -0.2) is 13.4 Å². The highest BCUT2D eigenvalue weighted by Gasteiger charge is 2.15. The molecule has 6 heteroatoms. The lowest BCUT2D eigenvalue weighted by atomic mass is 10.2. The van der Waals surface area contributed by atoms with E-state index in [9.17, 15) is 8.42 Å². The van der Waals surface area contributed by atoms with Gasteiger partial charge in [0.15, 0.2) is 0 Å². The van der Waals surface area contributed by atoms with Crippen LogP contribution in [0, 0.1) is 20.8 Å². The van der Waals surface area contributed by atoms with Gasteiger partial charge in [0.05, 0.1) is 16.8 Å². The summed E-state index contributed by atoms with van der Waals surface area (Å²) < 4.78 is 27.9. The molecule has 1 heterocycles. The Kier molecular flexibility index (Phi) is 4.15. The quantitative estimate of drug-likeness (QED) is 0.857. The number of nitrogens with zero attached hydrogens (tertiary/aromatic N) is 1. The number of anilines is 1. The van der Waals surface area contributed by atoms with Crippen molar-refractivity contribution in [2.24, 2.45) is 0 Å². The highest BCUT2D eigenvalue weighted by atomic mass is 79.9. The topological polar surface area (TPSA) is 59.1 Å². The molecule has 106 valence electrons. The van der Waals surface area contributed by atoms with Gasteiger partial charge in [-0.2, -0.15) is 0 Å². The number of halogens is 1.